The maximum atomic E-state index is 5.70. The molecule has 0 bridgehead atoms. The van der Waals surface area contributed by atoms with Gasteiger partial charge < -0.3 is 31.4 Å². The molecule has 0 aliphatic carbocycles. The van der Waals surface area contributed by atoms with Crippen molar-refractivity contribution in [3.05, 3.63) is 114 Å². The van der Waals surface area contributed by atoms with Gasteiger partial charge in [-0.15, -0.1) is 0 Å². The molecule has 4 aromatic carbocycles. The molecule has 0 aliphatic heterocycles. The molecule has 0 fully saturated rings. The average Bonchev–Trinajstić information content (AvgIpc) is 2.97. The Bertz CT molecular complexity index is 1280. The summed E-state index contributed by atoms with van der Waals surface area (Å²) in [5.41, 5.74) is 4.23. The van der Waals surface area contributed by atoms with E-state index in [1.54, 1.807) is 21.3 Å². The highest BCUT2D eigenvalue weighted by Crippen LogP contribution is 2.38. The number of benzene rings is 4. The molecule has 4 rings (SSSR count). The van der Waals surface area contributed by atoms with Crippen molar-refractivity contribution < 1.29 is 35.9 Å². The van der Waals surface area contributed by atoms with E-state index in [0.29, 0.717) is 36.9 Å². The molecule has 0 unspecified atom stereocenters. The van der Waals surface area contributed by atoms with Crippen molar-refractivity contribution in [2.75, 3.05) is 33.3 Å². The molecule has 0 aliphatic rings. The summed E-state index contributed by atoms with van der Waals surface area (Å²) in [5.74, 6) is 3.47. The van der Waals surface area contributed by atoms with Crippen LogP contribution in [-0.2, 0) is 13.1 Å². The van der Waals surface area contributed by atoms with Crippen LogP contribution in [0.5, 0.6) is 23.0 Å². The maximum Gasteiger partial charge on any atom is 0.283 e. The van der Waals surface area contributed by atoms with Crippen LogP contribution in [0.15, 0.2) is 97.1 Å². The van der Waals surface area contributed by atoms with E-state index in [-0.39, 0.29) is 12.4 Å². The highest BCUT2D eigenvalue weighted by Gasteiger charge is 2.23. The van der Waals surface area contributed by atoms with Crippen LogP contribution in [0.25, 0.3) is 0 Å². The molecular formula is C32H35ClN2O4. The predicted molar refractivity (Wildman–Crippen MR) is 152 cm³/mol. The lowest BCUT2D eigenvalue weighted by molar-refractivity contribution is -0.559. The molecule has 0 spiro atoms. The molecule has 7 heteroatoms. The number of amidine groups is 1. The fourth-order valence-electron chi connectivity index (χ4n) is 4.31. The molecule has 1 N–H and O–H groups in total. The van der Waals surface area contributed by atoms with Gasteiger partial charge in [0.2, 0.25) is 5.75 Å². The molecule has 204 valence electrons. The Hall–Kier alpha value is -4.16. The molecule has 6 nitrogen and oxygen atoms in total. The minimum absolute atomic E-state index is 0. The lowest BCUT2D eigenvalue weighted by atomic mass is 10.1. The van der Waals surface area contributed by atoms with Gasteiger partial charge in [-0.3, -0.25) is 4.58 Å². The van der Waals surface area contributed by atoms with Crippen LogP contribution in [0, 0.1) is 0 Å². The minimum atomic E-state index is 0. The summed E-state index contributed by atoms with van der Waals surface area (Å²) in [5, 5.41) is 3.68. The predicted octanol–water partition coefficient (Wildman–Crippen LogP) is 3.39. The van der Waals surface area contributed by atoms with Gasteiger partial charge in [-0.2, -0.15) is 0 Å². The Morgan fingerprint density at radius 1 is 0.692 bits per heavy atom. The van der Waals surface area contributed by atoms with Crippen LogP contribution in [0.1, 0.15) is 23.6 Å². The van der Waals surface area contributed by atoms with Crippen LogP contribution >= 0.6 is 0 Å². The Labute approximate surface area is 237 Å². The van der Waals surface area contributed by atoms with Crippen molar-refractivity contribution in [3.63, 3.8) is 0 Å². The van der Waals surface area contributed by atoms with Crippen molar-refractivity contribution in [2.24, 2.45) is 0 Å². The van der Waals surface area contributed by atoms with E-state index in [2.05, 4.69) is 58.4 Å². The zero-order valence-corrected chi connectivity index (χ0v) is 23.6. The van der Waals surface area contributed by atoms with E-state index in [0.717, 1.165) is 22.8 Å². The second-order valence-corrected chi connectivity index (χ2v) is 8.67. The quantitative estimate of drug-likeness (QED) is 0.178. The Kier molecular flexibility index (Phi) is 11.1. The lowest BCUT2D eigenvalue weighted by Crippen LogP contribution is -3.00. The van der Waals surface area contributed by atoms with Crippen molar-refractivity contribution in [3.8, 4) is 23.0 Å². The Morgan fingerprint density at radius 2 is 1.21 bits per heavy atom. The van der Waals surface area contributed by atoms with Gasteiger partial charge in [0.25, 0.3) is 5.84 Å². The van der Waals surface area contributed by atoms with E-state index < -0.39 is 0 Å². The van der Waals surface area contributed by atoms with Crippen molar-refractivity contribution in [1.82, 2.24) is 0 Å². The molecule has 39 heavy (non-hydrogen) atoms. The number of hydrogen-bond acceptors (Lipinski definition) is 4. The van der Waals surface area contributed by atoms with E-state index >= 15 is 0 Å². The number of hydrogen-bond donors (Lipinski definition) is 1. The van der Waals surface area contributed by atoms with E-state index in [1.165, 1.54) is 11.1 Å². The van der Waals surface area contributed by atoms with Crippen molar-refractivity contribution in [1.29, 1.82) is 0 Å². The highest BCUT2D eigenvalue weighted by molar-refractivity contribution is 6.05. The number of nitrogens with one attached hydrogen (secondary N) is 1. The first-order valence-corrected chi connectivity index (χ1v) is 12.6. The highest BCUT2D eigenvalue weighted by atomic mass is 35.5. The molecule has 4 aromatic rings. The average molecular weight is 547 g/mol. The first kappa shape index (κ1) is 29.4. The van der Waals surface area contributed by atoms with Crippen LogP contribution < -0.4 is 36.7 Å². The van der Waals surface area contributed by atoms with Crippen LogP contribution in [0.4, 0.5) is 5.69 Å². The zero-order chi connectivity index (χ0) is 26.7. The molecular weight excluding hydrogens is 512 g/mol. The SMILES string of the molecule is CCOc1ccc(NC(c2cc(OC)c(OC)c(OC)c2)=[N+](Cc2ccccc2)Cc2ccccc2)cc1.[Cl-]. The lowest BCUT2D eigenvalue weighted by Gasteiger charge is -2.17. The molecule has 0 heterocycles. The van der Waals surface area contributed by atoms with Gasteiger partial charge in [0.05, 0.1) is 33.5 Å². The third-order valence-electron chi connectivity index (χ3n) is 6.11. The smallest absolute Gasteiger partial charge is 0.283 e. The number of methoxy groups -OCH3 is 3. The van der Waals surface area contributed by atoms with Crippen LogP contribution in [-0.4, -0.2) is 38.3 Å². The topological polar surface area (TPSA) is 52.0 Å². The van der Waals surface area contributed by atoms with E-state index in [4.69, 9.17) is 18.9 Å². The number of nitrogens with zero attached hydrogens (tertiary/aromatic N) is 1. The van der Waals surface area contributed by atoms with E-state index in [1.807, 2.05) is 55.5 Å². The molecule has 0 atom stereocenters. The Balaban J connectivity index is 0.00000420. The van der Waals surface area contributed by atoms with Gasteiger partial charge >= 0.3 is 0 Å². The van der Waals surface area contributed by atoms with Gasteiger partial charge in [0.15, 0.2) is 11.5 Å². The second-order valence-electron chi connectivity index (χ2n) is 8.67. The van der Waals surface area contributed by atoms with Gasteiger partial charge in [0, 0.05) is 0 Å². The van der Waals surface area contributed by atoms with Crippen molar-refractivity contribution >= 4 is 11.5 Å². The summed E-state index contributed by atoms with van der Waals surface area (Å²) < 4.78 is 25.0. The summed E-state index contributed by atoms with van der Waals surface area (Å²) in [6.07, 6.45) is 0. The summed E-state index contributed by atoms with van der Waals surface area (Å²) in [7, 11) is 4.87. The maximum absolute atomic E-state index is 5.70. The summed E-state index contributed by atoms with van der Waals surface area (Å²) >= 11 is 0. The third kappa shape index (κ3) is 7.68. The fraction of sp³-hybridized carbons (Fsp3) is 0.219. The number of anilines is 1. The Morgan fingerprint density at radius 3 is 1.64 bits per heavy atom. The number of ether oxygens (including phenoxy) is 4. The standard InChI is InChI=1S/C32H34N2O4.ClH/c1-5-38-28-18-16-27(17-19-28)33-32(26-20-29(35-2)31(37-4)30(21-26)36-3)34(22-24-12-8-6-9-13-24)23-25-14-10-7-11-15-25;/h6-21H,5,22-23H2,1-4H3;1H. The second kappa shape index (κ2) is 14.7. The third-order valence-corrected chi connectivity index (χ3v) is 6.11. The summed E-state index contributed by atoms with van der Waals surface area (Å²) in [6, 6.07) is 32.8. The van der Waals surface area contributed by atoms with Crippen LogP contribution in [0.3, 0.4) is 0 Å². The number of rotatable bonds is 11. The molecule has 0 aromatic heterocycles. The van der Waals surface area contributed by atoms with E-state index in [9.17, 15) is 0 Å². The summed E-state index contributed by atoms with van der Waals surface area (Å²) in [6.45, 7) is 3.97. The zero-order valence-electron chi connectivity index (χ0n) is 22.8. The molecule has 0 saturated carbocycles. The van der Waals surface area contributed by atoms with Gasteiger partial charge in [-0.05, 0) is 54.4 Å². The monoisotopic (exact) mass is 546 g/mol. The molecule has 0 amide bonds. The fourth-order valence-corrected chi connectivity index (χ4v) is 4.31. The van der Waals surface area contributed by atoms with Gasteiger partial charge in [-0.1, -0.05) is 60.7 Å². The minimum Gasteiger partial charge on any atom is -1.00 e. The van der Waals surface area contributed by atoms with Crippen LogP contribution in [0.2, 0.25) is 0 Å². The first-order chi connectivity index (χ1) is 18.6. The number of halogens is 1. The molecule has 0 saturated heterocycles. The van der Waals surface area contributed by atoms with Gasteiger partial charge in [0.1, 0.15) is 24.5 Å². The van der Waals surface area contributed by atoms with Crippen molar-refractivity contribution in [2.45, 2.75) is 20.0 Å². The largest absolute Gasteiger partial charge is 1.00 e. The first-order valence-electron chi connectivity index (χ1n) is 12.6. The normalized spacial score (nSPS) is 10.2. The summed E-state index contributed by atoms with van der Waals surface area (Å²) in [4.78, 5) is 0. The molecule has 0 radical (unpaired) electrons. The van der Waals surface area contributed by atoms with Gasteiger partial charge in [-0.25, -0.2) is 5.32 Å².